The summed E-state index contributed by atoms with van der Waals surface area (Å²) in [5.41, 5.74) is 5.03. The van der Waals surface area contributed by atoms with Gasteiger partial charge in [0.2, 0.25) is 0 Å². The minimum absolute atomic E-state index is 0.0894. The maximum Gasteiger partial charge on any atom is 0.273 e. The fraction of sp³-hybridized carbons (Fsp3) is 0.250. The third-order valence-electron chi connectivity index (χ3n) is 3.53. The van der Waals surface area contributed by atoms with Crippen molar-refractivity contribution < 1.29 is 4.79 Å². The van der Waals surface area contributed by atoms with E-state index >= 15 is 0 Å². The molecule has 1 heterocycles. The Morgan fingerprint density at radius 3 is 2.79 bits per heavy atom. The lowest BCUT2D eigenvalue weighted by Crippen LogP contribution is -2.15. The SMILES string of the molecule is O=C1NN=C(c2ccccc2)/C1=C\C1CC=CCC1. The van der Waals surface area contributed by atoms with Crippen LogP contribution in [0.15, 0.2) is 59.2 Å². The Kier molecular flexibility index (Phi) is 3.27. The molecule has 1 atom stereocenters. The maximum absolute atomic E-state index is 11.9. The molecule has 0 bridgehead atoms. The van der Waals surface area contributed by atoms with Crippen LogP contribution in [0.3, 0.4) is 0 Å². The fourth-order valence-electron chi connectivity index (χ4n) is 2.51. The highest BCUT2D eigenvalue weighted by molar-refractivity contribution is 6.30. The molecule has 1 amide bonds. The van der Waals surface area contributed by atoms with E-state index in [-0.39, 0.29) is 5.91 Å². The van der Waals surface area contributed by atoms with Gasteiger partial charge in [-0.25, -0.2) is 5.43 Å². The Balaban J connectivity index is 1.90. The van der Waals surface area contributed by atoms with Gasteiger partial charge in [0.1, 0.15) is 5.71 Å². The second-order valence-corrected chi connectivity index (χ2v) is 4.89. The van der Waals surface area contributed by atoms with Gasteiger partial charge in [-0.1, -0.05) is 48.6 Å². The molecule has 3 heteroatoms. The predicted molar refractivity (Wildman–Crippen MR) is 75.7 cm³/mol. The number of carbonyl (C=O) groups is 1. The molecule has 1 N–H and O–H groups in total. The van der Waals surface area contributed by atoms with Gasteiger partial charge in [-0.3, -0.25) is 4.79 Å². The topological polar surface area (TPSA) is 41.5 Å². The lowest BCUT2D eigenvalue weighted by molar-refractivity contribution is -0.116. The third kappa shape index (κ3) is 2.50. The number of carbonyl (C=O) groups excluding carboxylic acids is 1. The van der Waals surface area contributed by atoms with Crippen LogP contribution in [-0.2, 0) is 4.79 Å². The molecular formula is C16H16N2O. The Bertz CT molecular complexity index is 570. The second kappa shape index (κ2) is 5.22. The van der Waals surface area contributed by atoms with Crippen LogP contribution in [0.25, 0.3) is 0 Å². The van der Waals surface area contributed by atoms with E-state index in [1.165, 1.54) is 0 Å². The summed E-state index contributed by atoms with van der Waals surface area (Å²) < 4.78 is 0. The first-order valence-corrected chi connectivity index (χ1v) is 6.65. The van der Waals surface area contributed by atoms with Gasteiger partial charge in [-0.2, -0.15) is 5.10 Å². The van der Waals surface area contributed by atoms with Crippen LogP contribution >= 0.6 is 0 Å². The molecule has 1 aromatic rings. The Morgan fingerprint density at radius 1 is 1.21 bits per heavy atom. The van der Waals surface area contributed by atoms with Crippen LogP contribution in [0.2, 0.25) is 0 Å². The van der Waals surface area contributed by atoms with E-state index in [9.17, 15) is 4.79 Å². The molecule has 0 spiro atoms. The van der Waals surface area contributed by atoms with Gasteiger partial charge in [0.25, 0.3) is 5.91 Å². The van der Waals surface area contributed by atoms with Crippen molar-refractivity contribution in [3.05, 3.63) is 59.7 Å². The summed E-state index contributed by atoms with van der Waals surface area (Å²) >= 11 is 0. The van der Waals surface area contributed by atoms with Gasteiger partial charge in [0.05, 0.1) is 5.57 Å². The number of nitrogens with zero attached hydrogens (tertiary/aromatic N) is 1. The maximum atomic E-state index is 11.9. The van der Waals surface area contributed by atoms with Gasteiger partial charge in [0.15, 0.2) is 0 Å². The van der Waals surface area contributed by atoms with E-state index in [4.69, 9.17) is 0 Å². The number of amides is 1. The van der Waals surface area contributed by atoms with E-state index < -0.39 is 0 Å². The summed E-state index contributed by atoms with van der Waals surface area (Å²) in [5.74, 6) is 0.353. The second-order valence-electron chi connectivity index (χ2n) is 4.89. The highest BCUT2D eigenvalue weighted by atomic mass is 16.2. The summed E-state index contributed by atoms with van der Waals surface area (Å²) in [6, 6.07) is 9.84. The minimum Gasteiger partial charge on any atom is -0.267 e. The molecular weight excluding hydrogens is 236 g/mol. The smallest absolute Gasteiger partial charge is 0.267 e. The molecule has 1 unspecified atom stereocenters. The number of nitrogens with one attached hydrogen (secondary N) is 1. The van der Waals surface area contributed by atoms with Crippen molar-refractivity contribution >= 4 is 11.6 Å². The minimum atomic E-state index is -0.0894. The van der Waals surface area contributed by atoms with E-state index in [1.807, 2.05) is 30.3 Å². The number of hydrogen-bond donors (Lipinski definition) is 1. The molecule has 0 aromatic heterocycles. The van der Waals surface area contributed by atoms with Crippen molar-refractivity contribution in [2.24, 2.45) is 11.0 Å². The van der Waals surface area contributed by atoms with Gasteiger partial charge in [-0.15, -0.1) is 0 Å². The zero-order valence-electron chi connectivity index (χ0n) is 10.7. The lowest BCUT2D eigenvalue weighted by Gasteiger charge is -2.14. The molecule has 1 aliphatic heterocycles. The van der Waals surface area contributed by atoms with E-state index in [1.54, 1.807) is 0 Å². The van der Waals surface area contributed by atoms with E-state index in [2.05, 4.69) is 28.8 Å². The van der Waals surface area contributed by atoms with Gasteiger partial charge >= 0.3 is 0 Å². The van der Waals surface area contributed by atoms with Crippen molar-refractivity contribution in [3.8, 4) is 0 Å². The van der Waals surface area contributed by atoms with Crippen molar-refractivity contribution in [3.63, 3.8) is 0 Å². The van der Waals surface area contributed by atoms with Crippen LogP contribution in [-0.4, -0.2) is 11.6 Å². The largest absolute Gasteiger partial charge is 0.273 e. The number of benzene rings is 1. The quantitative estimate of drug-likeness (QED) is 0.638. The lowest BCUT2D eigenvalue weighted by atomic mass is 9.90. The van der Waals surface area contributed by atoms with Crippen molar-refractivity contribution in [1.82, 2.24) is 5.43 Å². The molecule has 19 heavy (non-hydrogen) atoms. The molecule has 96 valence electrons. The Labute approximate surface area is 112 Å². The average Bonchev–Trinajstić information content (AvgIpc) is 2.82. The molecule has 0 saturated carbocycles. The van der Waals surface area contributed by atoms with E-state index in [0.717, 1.165) is 30.5 Å². The third-order valence-corrected chi connectivity index (χ3v) is 3.53. The summed E-state index contributed by atoms with van der Waals surface area (Å²) in [4.78, 5) is 11.9. The normalized spacial score (nSPS) is 24.4. The number of rotatable bonds is 2. The molecule has 2 aliphatic rings. The van der Waals surface area contributed by atoms with Crippen LogP contribution in [0.1, 0.15) is 24.8 Å². The summed E-state index contributed by atoms with van der Waals surface area (Å²) in [6.07, 6.45) is 9.69. The first kappa shape index (κ1) is 11.9. The zero-order valence-corrected chi connectivity index (χ0v) is 10.7. The molecule has 0 saturated heterocycles. The van der Waals surface area contributed by atoms with Crippen LogP contribution in [0.5, 0.6) is 0 Å². The monoisotopic (exact) mass is 252 g/mol. The highest BCUT2D eigenvalue weighted by Gasteiger charge is 2.25. The first-order chi connectivity index (χ1) is 9.34. The number of hydrogen-bond acceptors (Lipinski definition) is 2. The van der Waals surface area contributed by atoms with Crippen molar-refractivity contribution in [1.29, 1.82) is 0 Å². The van der Waals surface area contributed by atoms with E-state index in [0.29, 0.717) is 11.5 Å². The molecule has 3 rings (SSSR count). The van der Waals surface area contributed by atoms with Crippen LogP contribution in [0, 0.1) is 5.92 Å². The van der Waals surface area contributed by atoms with Crippen LogP contribution < -0.4 is 5.43 Å². The summed E-state index contributed by atoms with van der Waals surface area (Å²) in [6.45, 7) is 0. The molecule has 3 nitrogen and oxygen atoms in total. The van der Waals surface area contributed by atoms with Gasteiger partial charge in [0, 0.05) is 5.56 Å². The Morgan fingerprint density at radius 2 is 2.05 bits per heavy atom. The van der Waals surface area contributed by atoms with Gasteiger partial charge < -0.3 is 0 Å². The van der Waals surface area contributed by atoms with Crippen molar-refractivity contribution in [2.45, 2.75) is 19.3 Å². The molecule has 1 aromatic carbocycles. The molecule has 0 fully saturated rings. The Hall–Kier alpha value is -2.16. The highest BCUT2D eigenvalue weighted by Crippen LogP contribution is 2.23. The number of allylic oxidation sites excluding steroid dienone is 3. The van der Waals surface area contributed by atoms with Gasteiger partial charge in [-0.05, 0) is 25.2 Å². The summed E-state index contributed by atoms with van der Waals surface area (Å²) in [5, 5.41) is 4.16. The summed E-state index contributed by atoms with van der Waals surface area (Å²) in [7, 11) is 0. The zero-order chi connectivity index (χ0) is 13.1. The fourth-order valence-corrected chi connectivity index (χ4v) is 2.51. The number of hydrazone groups is 1. The van der Waals surface area contributed by atoms with Crippen molar-refractivity contribution in [2.75, 3.05) is 0 Å². The predicted octanol–water partition coefficient (Wildman–Crippen LogP) is 2.80. The first-order valence-electron chi connectivity index (χ1n) is 6.65. The average molecular weight is 252 g/mol. The molecule has 1 aliphatic carbocycles. The molecule has 0 radical (unpaired) electrons. The standard InChI is InChI=1S/C16H16N2O/c19-16-14(11-12-7-3-1-4-8-12)15(17-18-16)13-9-5-2-6-10-13/h1-3,5-6,9-12H,4,7-8H2,(H,18,19)/b14-11+. The van der Waals surface area contributed by atoms with Crippen LogP contribution in [0.4, 0.5) is 0 Å².